The quantitative estimate of drug-likeness (QED) is 0.769. The van der Waals surface area contributed by atoms with Crippen LogP contribution in [0.1, 0.15) is 62.5 Å². The molecule has 0 bridgehead atoms. The van der Waals surface area contributed by atoms with Crippen LogP contribution in [0.5, 0.6) is 0 Å². The molecule has 2 fully saturated rings. The molecule has 0 radical (unpaired) electrons. The lowest BCUT2D eigenvalue weighted by molar-refractivity contribution is -0.127. The minimum Gasteiger partial charge on any atom is -0.356 e. The van der Waals surface area contributed by atoms with Gasteiger partial charge in [0.2, 0.25) is 5.91 Å². The van der Waals surface area contributed by atoms with Crippen molar-refractivity contribution in [3.8, 4) is 0 Å². The van der Waals surface area contributed by atoms with Gasteiger partial charge < -0.3 is 15.5 Å². The molecule has 5 heteroatoms. The van der Waals surface area contributed by atoms with Crippen molar-refractivity contribution in [2.75, 3.05) is 18.4 Å². The highest BCUT2D eigenvalue weighted by molar-refractivity contribution is 5.91. The zero-order chi connectivity index (χ0) is 19.2. The molecule has 1 aromatic carbocycles. The van der Waals surface area contributed by atoms with Crippen LogP contribution < -0.4 is 10.6 Å². The number of hydrogen-bond acceptors (Lipinski definition) is 2. The van der Waals surface area contributed by atoms with E-state index in [-0.39, 0.29) is 23.9 Å². The van der Waals surface area contributed by atoms with Crippen LogP contribution in [0.25, 0.3) is 0 Å². The van der Waals surface area contributed by atoms with Crippen molar-refractivity contribution in [1.82, 2.24) is 10.2 Å². The first kappa shape index (κ1) is 19.7. The summed E-state index contributed by atoms with van der Waals surface area (Å²) < 4.78 is 0. The third-order valence-electron chi connectivity index (χ3n) is 6.20. The molecule has 148 valence electrons. The second-order valence-electron chi connectivity index (χ2n) is 8.03. The highest BCUT2D eigenvalue weighted by Crippen LogP contribution is 2.30. The van der Waals surface area contributed by atoms with Gasteiger partial charge in [0.25, 0.3) is 0 Å². The maximum absolute atomic E-state index is 13.2. The van der Waals surface area contributed by atoms with Gasteiger partial charge in [-0.1, -0.05) is 37.8 Å². The van der Waals surface area contributed by atoms with Gasteiger partial charge in [-0.15, -0.1) is 0 Å². The molecule has 1 saturated carbocycles. The van der Waals surface area contributed by atoms with Crippen molar-refractivity contribution >= 4 is 17.6 Å². The Balaban J connectivity index is 1.82. The predicted octanol–water partition coefficient (Wildman–Crippen LogP) is 4.39. The highest BCUT2D eigenvalue weighted by atomic mass is 16.2. The average Bonchev–Trinajstić information content (AvgIpc) is 2.70. The number of rotatable bonds is 1. The number of carbonyl (C=O) groups excluding carboxylic acids is 2. The third kappa shape index (κ3) is 4.82. The van der Waals surface area contributed by atoms with Gasteiger partial charge in [-0.05, 0) is 56.7 Å². The Morgan fingerprint density at radius 3 is 2.70 bits per heavy atom. The zero-order valence-corrected chi connectivity index (χ0v) is 16.7. The number of fused-ring (bicyclic) bond motifs is 1. The molecule has 3 amide bonds. The van der Waals surface area contributed by atoms with Crippen molar-refractivity contribution in [1.29, 1.82) is 0 Å². The van der Waals surface area contributed by atoms with Crippen LogP contribution in [0, 0.1) is 19.8 Å². The summed E-state index contributed by atoms with van der Waals surface area (Å²) in [6.45, 7) is 5.58. The molecule has 1 aliphatic carbocycles. The molecular weight excluding hydrogens is 338 g/mol. The smallest absolute Gasteiger partial charge is 0.322 e. The number of anilines is 1. The monoisotopic (exact) mass is 371 g/mol. The Labute approximate surface area is 162 Å². The van der Waals surface area contributed by atoms with Gasteiger partial charge in [0.1, 0.15) is 0 Å². The SMILES string of the molecule is Cc1cccc(NC(=O)N2CCCCCCNC(=O)C3CCCCC32)c1C. The molecule has 5 nitrogen and oxygen atoms in total. The lowest BCUT2D eigenvalue weighted by atomic mass is 9.82. The molecule has 2 N–H and O–H groups in total. The fourth-order valence-corrected chi connectivity index (χ4v) is 4.39. The van der Waals surface area contributed by atoms with Crippen LogP contribution in [0.15, 0.2) is 18.2 Å². The minimum atomic E-state index is -0.0822. The van der Waals surface area contributed by atoms with E-state index in [1.807, 2.05) is 24.0 Å². The lowest BCUT2D eigenvalue weighted by Crippen LogP contribution is -2.52. The molecule has 3 rings (SSSR count). The van der Waals surface area contributed by atoms with Gasteiger partial charge in [-0.3, -0.25) is 4.79 Å². The summed E-state index contributed by atoms with van der Waals surface area (Å²) in [5, 5.41) is 6.23. The van der Waals surface area contributed by atoms with Gasteiger partial charge in [0, 0.05) is 24.8 Å². The molecular formula is C22H33N3O2. The van der Waals surface area contributed by atoms with E-state index in [1.165, 1.54) is 5.56 Å². The van der Waals surface area contributed by atoms with Crippen molar-refractivity contribution in [2.45, 2.75) is 71.3 Å². The average molecular weight is 372 g/mol. The third-order valence-corrected chi connectivity index (χ3v) is 6.20. The van der Waals surface area contributed by atoms with Crippen LogP contribution in [-0.4, -0.2) is 36.0 Å². The molecule has 0 spiro atoms. The zero-order valence-electron chi connectivity index (χ0n) is 16.7. The minimum absolute atomic E-state index is 0.00182. The predicted molar refractivity (Wildman–Crippen MR) is 109 cm³/mol. The highest BCUT2D eigenvalue weighted by Gasteiger charge is 2.37. The van der Waals surface area contributed by atoms with Gasteiger partial charge in [-0.2, -0.15) is 0 Å². The number of carbonyl (C=O) groups is 2. The summed E-state index contributed by atoms with van der Waals surface area (Å²) in [6, 6.07) is 5.92. The normalized spacial score (nSPS) is 24.4. The number of benzene rings is 1. The summed E-state index contributed by atoms with van der Waals surface area (Å²) >= 11 is 0. The van der Waals surface area contributed by atoms with E-state index in [2.05, 4.69) is 23.6 Å². The number of hydrogen-bond donors (Lipinski definition) is 2. The van der Waals surface area contributed by atoms with Gasteiger partial charge in [0.15, 0.2) is 0 Å². The Kier molecular flexibility index (Phi) is 6.75. The Bertz CT molecular complexity index is 674. The van der Waals surface area contributed by atoms with Crippen molar-refractivity contribution in [2.24, 2.45) is 5.92 Å². The standard InChI is InChI=1S/C22H33N3O2/c1-16-10-9-12-19(17(16)2)24-22(27)25-15-8-4-3-7-14-23-21(26)18-11-5-6-13-20(18)25/h9-10,12,18,20H,3-8,11,13-15H2,1-2H3,(H,23,26)(H,24,27). The molecule has 1 saturated heterocycles. The number of nitrogens with zero attached hydrogens (tertiary/aromatic N) is 1. The Morgan fingerprint density at radius 1 is 1.07 bits per heavy atom. The maximum Gasteiger partial charge on any atom is 0.322 e. The first-order chi connectivity index (χ1) is 13.1. The van der Waals surface area contributed by atoms with Gasteiger partial charge >= 0.3 is 6.03 Å². The van der Waals surface area contributed by atoms with Crippen LogP contribution in [-0.2, 0) is 4.79 Å². The lowest BCUT2D eigenvalue weighted by Gasteiger charge is -2.39. The van der Waals surface area contributed by atoms with Gasteiger partial charge in [0.05, 0.1) is 5.92 Å². The van der Waals surface area contributed by atoms with Gasteiger partial charge in [-0.25, -0.2) is 4.79 Å². The van der Waals surface area contributed by atoms with E-state index in [4.69, 9.17) is 0 Å². The van der Waals surface area contributed by atoms with Crippen LogP contribution >= 0.6 is 0 Å². The summed E-state index contributed by atoms with van der Waals surface area (Å²) in [5.41, 5.74) is 3.13. The van der Waals surface area contributed by atoms with E-state index < -0.39 is 0 Å². The molecule has 2 aliphatic rings. The molecule has 27 heavy (non-hydrogen) atoms. The second kappa shape index (κ2) is 9.25. The van der Waals surface area contributed by atoms with Crippen LogP contribution in [0.4, 0.5) is 10.5 Å². The molecule has 1 heterocycles. The van der Waals surface area contributed by atoms with E-state index in [1.54, 1.807) is 0 Å². The summed E-state index contributed by atoms with van der Waals surface area (Å²) in [5.74, 6) is 0.0485. The van der Waals surface area contributed by atoms with E-state index in [9.17, 15) is 9.59 Å². The van der Waals surface area contributed by atoms with E-state index in [0.29, 0.717) is 0 Å². The molecule has 1 aromatic rings. The topological polar surface area (TPSA) is 61.4 Å². The van der Waals surface area contributed by atoms with E-state index >= 15 is 0 Å². The Morgan fingerprint density at radius 2 is 1.85 bits per heavy atom. The number of amides is 3. The van der Waals surface area contributed by atoms with Crippen molar-refractivity contribution in [3.63, 3.8) is 0 Å². The Hall–Kier alpha value is -2.04. The van der Waals surface area contributed by atoms with Crippen molar-refractivity contribution in [3.05, 3.63) is 29.3 Å². The second-order valence-corrected chi connectivity index (χ2v) is 8.03. The summed E-state index contributed by atoms with van der Waals surface area (Å²) in [4.78, 5) is 27.9. The maximum atomic E-state index is 13.2. The molecule has 0 aromatic heterocycles. The molecule has 2 atom stereocenters. The fourth-order valence-electron chi connectivity index (χ4n) is 4.39. The molecule has 1 aliphatic heterocycles. The number of nitrogens with one attached hydrogen (secondary N) is 2. The number of urea groups is 1. The van der Waals surface area contributed by atoms with Crippen molar-refractivity contribution < 1.29 is 9.59 Å². The summed E-state index contributed by atoms with van der Waals surface area (Å²) in [7, 11) is 0. The first-order valence-corrected chi connectivity index (χ1v) is 10.5. The van der Waals surface area contributed by atoms with E-state index in [0.717, 1.165) is 75.7 Å². The fraction of sp³-hybridized carbons (Fsp3) is 0.636. The number of aryl methyl sites for hydroxylation is 1. The van der Waals surface area contributed by atoms with Crippen LogP contribution in [0.2, 0.25) is 0 Å². The summed E-state index contributed by atoms with van der Waals surface area (Å²) in [6.07, 6.45) is 8.17. The first-order valence-electron chi connectivity index (χ1n) is 10.5. The van der Waals surface area contributed by atoms with Crippen LogP contribution in [0.3, 0.4) is 0 Å². The largest absolute Gasteiger partial charge is 0.356 e. The molecule has 2 unspecified atom stereocenters.